The molecule has 1 aromatic heterocycles. The van der Waals surface area contributed by atoms with E-state index >= 15 is 0 Å². The number of hydrogen-bond acceptors (Lipinski definition) is 5. The standard InChI is InChI=1S/C8H13N3O2S2/c1-3-4-5-15(13)8-11-10-7(14-8)6(12)9-2/h3-5H2,1-2H3,(H,9,12). The van der Waals surface area contributed by atoms with Crippen molar-refractivity contribution in [3.8, 4) is 0 Å². The van der Waals surface area contributed by atoms with E-state index in [-0.39, 0.29) is 10.9 Å². The van der Waals surface area contributed by atoms with Crippen molar-refractivity contribution in [1.29, 1.82) is 0 Å². The maximum absolute atomic E-state index is 11.6. The van der Waals surface area contributed by atoms with Gasteiger partial charge in [-0.3, -0.25) is 4.79 Å². The van der Waals surface area contributed by atoms with Gasteiger partial charge in [0.05, 0.1) is 0 Å². The number of unbranched alkanes of at least 4 members (excludes halogenated alkanes) is 1. The molecular weight excluding hydrogens is 234 g/mol. The van der Waals surface area contributed by atoms with E-state index in [9.17, 15) is 9.35 Å². The molecule has 0 aliphatic heterocycles. The van der Waals surface area contributed by atoms with Crippen LogP contribution < -0.4 is 5.32 Å². The van der Waals surface area contributed by atoms with Crippen LogP contribution in [-0.4, -0.2) is 33.5 Å². The lowest BCUT2D eigenvalue weighted by Gasteiger charge is -2.03. The molecule has 1 heterocycles. The lowest BCUT2D eigenvalue weighted by atomic mass is 10.4. The summed E-state index contributed by atoms with van der Waals surface area (Å²) in [5.74, 6) is 0.296. The topological polar surface area (TPSA) is 77.9 Å². The summed E-state index contributed by atoms with van der Waals surface area (Å²) in [7, 11) is 1.53. The van der Waals surface area contributed by atoms with Gasteiger partial charge in [0.1, 0.15) is 5.75 Å². The lowest BCUT2D eigenvalue weighted by Crippen LogP contribution is -2.17. The number of nitrogens with zero attached hydrogens (tertiary/aromatic N) is 2. The molecule has 1 amide bonds. The molecule has 0 saturated carbocycles. The molecule has 1 N–H and O–H groups in total. The molecule has 0 aromatic carbocycles. The van der Waals surface area contributed by atoms with E-state index in [2.05, 4.69) is 15.5 Å². The fourth-order valence-corrected chi connectivity index (χ4v) is 3.10. The third-order valence-electron chi connectivity index (χ3n) is 1.71. The van der Waals surface area contributed by atoms with Gasteiger partial charge in [-0.15, -0.1) is 5.10 Å². The Labute approximate surface area is 95.5 Å². The first-order valence-corrected chi connectivity index (χ1v) is 6.76. The molecule has 0 bridgehead atoms. The van der Waals surface area contributed by atoms with Crippen molar-refractivity contribution < 1.29 is 9.35 Å². The summed E-state index contributed by atoms with van der Waals surface area (Å²) < 4.78 is 12.0. The van der Waals surface area contributed by atoms with Crippen molar-refractivity contribution in [1.82, 2.24) is 15.5 Å². The first kappa shape index (κ1) is 12.4. The molecule has 0 aliphatic carbocycles. The molecule has 84 valence electrons. The highest BCUT2D eigenvalue weighted by atomic mass is 32.2. The van der Waals surface area contributed by atoms with Gasteiger partial charge >= 0.3 is 4.34 Å². The average molecular weight is 247 g/mol. The zero-order valence-corrected chi connectivity index (χ0v) is 10.3. The molecule has 0 spiro atoms. The molecule has 15 heavy (non-hydrogen) atoms. The quantitative estimate of drug-likeness (QED) is 0.781. The van der Waals surface area contributed by atoms with Crippen LogP contribution in [0.25, 0.3) is 0 Å². The fraction of sp³-hybridized carbons (Fsp3) is 0.625. The minimum atomic E-state index is -1.12. The van der Waals surface area contributed by atoms with Gasteiger partial charge in [0.25, 0.3) is 5.91 Å². The molecule has 1 aromatic rings. The van der Waals surface area contributed by atoms with Gasteiger partial charge in [-0.1, -0.05) is 18.4 Å². The smallest absolute Gasteiger partial charge is 0.322 e. The second kappa shape index (κ2) is 6.04. The van der Waals surface area contributed by atoms with Gasteiger partial charge in [-0.2, -0.15) is 0 Å². The van der Waals surface area contributed by atoms with Gasteiger partial charge in [0.15, 0.2) is 0 Å². The number of carbonyl (C=O) groups is 1. The van der Waals surface area contributed by atoms with E-state index < -0.39 is 11.2 Å². The van der Waals surface area contributed by atoms with Crippen LogP contribution in [0.4, 0.5) is 0 Å². The van der Waals surface area contributed by atoms with Gasteiger partial charge in [0.2, 0.25) is 5.01 Å². The zero-order valence-electron chi connectivity index (χ0n) is 8.65. The highest BCUT2D eigenvalue weighted by Crippen LogP contribution is 2.17. The lowest BCUT2D eigenvalue weighted by molar-refractivity contribution is 0.0962. The molecule has 1 atom stereocenters. The summed E-state index contributed by atoms with van der Waals surface area (Å²) in [5.41, 5.74) is 0. The largest absolute Gasteiger partial charge is 0.610 e. The summed E-state index contributed by atoms with van der Waals surface area (Å²) >= 11 is -0.0264. The number of rotatable bonds is 5. The predicted molar refractivity (Wildman–Crippen MR) is 59.5 cm³/mol. The van der Waals surface area contributed by atoms with Crippen molar-refractivity contribution in [2.75, 3.05) is 12.8 Å². The highest BCUT2D eigenvalue weighted by Gasteiger charge is 2.19. The molecule has 0 aliphatic rings. The van der Waals surface area contributed by atoms with Crippen LogP contribution in [0, 0.1) is 0 Å². The third-order valence-corrected chi connectivity index (χ3v) is 4.36. The number of carbonyl (C=O) groups excluding carboxylic acids is 1. The van der Waals surface area contributed by atoms with Crippen LogP contribution in [0.2, 0.25) is 0 Å². The Bertz CT molecular complexity index is 329. The van der Waals surface area contributed by atoms with E-state index in [0.717, 1.165) is 24.2 Å². The van der Waals surface area contributed by atoms with Crippen LogP contribution in [-0.2, 0) is 11.2 Å². The summed E-state index contributed by atoms with van der Waals surface area (Å²) in [6, 6.07) is 0. The maximum Gasteiger partial charge on any atom is 0.322 e. The van der Waals surface area contributed by atoms with E-state index in [0.29, 0.717) is 10.1 Å². The van der Waals surface area contributed by atoms with Crippen molar-refractivity contribution in [2.45, 2.75) is 24.1 Å². The van der Waals surface area contributed by atoms with Crippen molar-refractivity contribution in [3.63, 3.8) is 0 Å². The van der Waals surface area contributed by atoms with Crippen molar-refractivity contribution >= 4 is 28.4 Å². The van der Waals surface area contributed by atoms with E-state index in [1.54, 1.807) is 0 Å². The second-order valence-corrected chi connectivity index (χ2v) is 5.58. The molecule has 0 radical (unpaired) electrons. The van der Waals surface area contributed by atoms with Gasteiger partial charge < -0.3 is 9.87 Å². The predicted octanol–water partition coefficient (Wildman–Crippen LogP) is 0.805. The number of nitrogens with one attached hydrogen (secondary N) is 1. The van der Waals surface area contributed by atoms with Crippen LogP contribution >= 0.6 is 11.3 Å². The van der Waals surface area contributed by atoms with Gasteiger partial charge in [-0.05, 0) is 17.8 Å². The number of aromatic nitrogens is 2. The SMILES string of the molecule is CCCC[S+]([O-])c1nnc(C(=O)NC)s1. The Kier molecular flexibility index (Phi) is 5.00. The normalized spacial score (nSPS) is 12.5. The Morgan fingerprint density at radius 2 is 2.33 bits per heavy atom. The molecule has 0 fully saturated rings. The summed E-state index contributed by atoms with van der Waals surface area (Å²) in [4.78, 5) is 11.2. The van der Waals surface area contributed by atoms with Crippen LogP contribution in [0.5, 0.6) is 0 Å². The molecular formula is C8H13N3O2S2. The monoisotopic (exact) mass is 247 g/mol. The van der Waals surface area contributed by atoms with Crippen LogP contribution in [0.1, 0.15) is 29.6 Å². The first-order chi connectivity index (χ1) is 7.19. The second-order valence-electron chi connectivity index (χ2n) is 2.86. The van der Waals surface area contributed by atoms with Gasteiger partial charge in [0, 0.05) is 18.2 Å². The van der Waals surface area contributed by atoms with E-state index in [4.69, 9.17) is 0 Å². The third kappa shape index (κ3) is 3.44. The minimum Gasteiger partial charge on any atom is -0.610 e. The zero-order chi connectivity index (χ0) is 11.3. The molecule has 1 unspecified atom stereocenters. The Balaban J connectivity index is 2.62. The summed E-state index contributed by atoms with van der Waals surface area (Å²) in [6.45, 7) is 2.03. The van der Waals surface area contributed by atoms with E-state index in [1.807, 2.05) is 6.92 Å². The first-order valence-electron chi connectivity index (χ1n) is 4.63. The Morgan fingerprint density at radius 1 is 1.60 bits per heavy atom. The number of hydrogen-bond donors (Lipinski definition) is 1. The maximum atomic E-state index is 11.6. The van der Waals surface area contributed by atoms with Crippen molar-refractivity contribution in [3.05, 3.63) is 5.01 Å². The molecule has 7 heteroatoms. The summed E-state index contributed by atoms with van der Waals surface area (Å²) in [5, 5.41) is 10.1. The molecule has 0 saturated heterocycles. The Hall–Kier alpha value is -0.660. The van der Waals surface area contributed by atoms with Crippen molar-refractivity contribution in [2.24, 2.45) is 0 Å². The fourth-order valence-electron chi connectivity index (χ4n) is 0.863. The van der Waals surface area contributed by atoms with Gasteiger partial charge in [-0.25, -0.2) is 0 Å². The van der Waals surface area contributed by atoms with Crippen LogP contribution in [0.15, 0.2) is 4.34 Å². The van der Waals surface area contributed by atoms with Crippen LogP contribution in [0.3, 0.4) is 0 Å². The average Bonchev–Trinajstić information content (AvgIpc) is 2.74. The van der Waals surface area contributed by atoms with E-state index in [1.165, 1.54) is 7.05 Å². The Morgan fingerprint density at radius 3 is 2.93 bits per heavy atom. The summed E-state index contributed by atoms with van der Waals surface area (Å²) in [6.07, 6.45) is 1.88. The molecule has 1 rings (SSSR count). The molecule has 5 nitrogen and oxygen atoms in total. The highest BCUT2D eigenvalue weighted by molar-refractivity contribution is 7.93. The number of amides is 1. The minimum absolute atomic E-state index is 0.261.